The molecule has 1 aromatic carbocycles. The SMILES string of the molecule is O=S(=O)(NCc1cccc(CBr)c1)c1ncccc1F. The Morgan fingerprint density at radius 1 is 1.20 bits per heavy atom. The average molecular weight is 359 g/mol. The lowest BCUT2D eigenvalue weighted by Crippen LogP contribution is -2.25. The zero-order valence-corrected chi connectivity index (χ0v) is 12.8. The predicted octanol–water partition coefficient (Wildman–Crippen LogP) is 2.59. The highest BCUT2D eigenvalue weighted by Crippen LogP contribution is 2.12. The van der Waals surface area contributed by atoms with E-state index in [1.807, 2.05) is 18.2 Å². The summed E-state index contributed by atoms with van der Waals surface area (Å²) in [5.41, 5.74) is 1.83. The van der Waals surface area contributed by atoms with Gasteiger partial charge in [0.2, 0.25) is 5.03 Å². The van der Waals surface area contributed by atoms with Gasteiger partial charge in [-0.05, 0) is 23.3 Å². The van der Waals surface area contributed by atoms with E-state index in [9.17, 15) is 12.8 Å². The van der Waals surface area contributed by atoms with Crippen LogP contribution in [-0.2, 0) is 21.9 Å². The number of benzene rings is 1. The number of hydrogen-bond donors (Lipinski definition) is 1. The van der Waals surface area contributed by atoms with E-state index in [1.165, 1.54) is 12.3 Å². The molecule has 0 bridgehead atoms. The predicted molar refractivity (Wildman–Crippen MR) is 77.3 cm³/mol. The maximum Gasteiger partial charge on any atom is 0.261 e. The van der Waals surface area contributed by atoms with Crippen LogP contribution in [0.4, 0.5) is 4.39 Å². The molecule has 1 N–H and O–H groups in total. The maximum absolute atomic E-state index is 13.4. The fourth-order valence-corrected chi connectivity index (χ4v) is 3.00. The van der Waals surface area contributed by atoms with Gasteiger partial charge in [-0.2, -0.15) is 0 Å². The molecule has 2 aromatic rings. The molecule has 0 aliphatic heterocycles. The minimum absolute atomic E-state index is 0.0825. The minimum atomic E-state index is -3.96. The van der Waals surface area contributed by atoms with E-state index in [4.69, 9.17) is 0 Å². The van der Waals surface area contributed by atoms with Crippen LogP contribution >= 0.6 is 15.9 Å². The van der Waals surface area contributed by atoms with Crippen LogP contribution in [0, 0.1) is 5.82 Å². The lowest BCUT2D eigenvalue weighted by molar-refractivity contribution is 0.544. The van der Waals surface area contributed by atoms with Gasteiger partial charge in [0.25, 0.3) is 10.0 Å². The van der Waals surface area contributed by atoms with Crippen molar-refractivity contribution in [2.24, 2.45) is 0 Å². The number of sulfonamides is 1. The summed E-state index contributed by atoms with van der Waals surface area (Å²) in [7, 11) is -3.96. The van der Waals surface area contributed by atoms with E-state index < -0.39 is 20.9 Å². The Balaban J connectivity index is 2.15. The second-order valence-corrected chi connectivity index (χ2v) is 6.31. The van der Waals surface area contributed by atoms with Crippen molar-refractivity contribution >= 4 is 26.0 Å². The van der Waals surface area contributed by atoms with Crippen LogP contribution in [0.25, 0.3) is 0 Å². The summed E-state index contributed by atoms with van der Waals surface area (Å²) < 4.78 is 39.7. The molecular weight excluding hydrogens is 347 g/mol. The molecule has 0 unspecified atom stereocenters. The summed E-state index contributed by atoms with van der Waals surface area (Å²) in [6.45, 7) is 0.0825. The number of hydrogen-bond acceptors (Lipinski definition) is 3. The Bertz CT molecular complexity index is 707. The molecule has 0 radical (unpaired) electrons. The average Bonchev–Trinajstić information content (AvgIpc) is 2.46. The number of aromatic nitrogens is 1. The van der Waals surface area contributed by atoms with Crippen molar-refractivity contribution < 1.29 is 12.8 Å². The molecule has 0 saturated heterocycles. The number of nitrogens with zero attached hydrogens (tertiary/aromatic N) is 1. The van der Waals surface area contributed by atoms with E-state index in [1.54, 1.807) is 6.07 Å². The van der Waals surface area contributed by atoms with Crippen molar-refractivity contribution in [3.63, 3.8) is 0 Å². The Hall–Kier alpha value is -1.31. The van der Waals surface area contributed by atoms with Crippen LogP contribution in [0.3, 0.4) is 0 Å². The molecule has 0 atom stereocenters. The zero-order chi connectivity index (χ0) is 14.6. The van der Waals surface area contributed by atoms with Crippen LogP contribution in [0.5, 0.6) is 0 Å². The number of alkyl halides is 1. The van der Waals surface area contributed by atoms with Crippen LogP contribution in [0.1, 0.15) is 11.1 Å². The van der Waals surface area contributed by atoms with E-state index >= 15 is 0 Å². The van der Waals surface area contributed by atoms with Crippen LogP contribution in [0.2, 0.25) is 0 Å². The number of rotatable bonds is 5. The second kappa shape index (κ2) is 6.43. The van der Waals surface area contributed by atoms with Crippen molar-refractivity contribution in [2.45, 2.75) is 16.9 Å². The van der Waals surface area contributed by atoms with Gasteiger partial charge in [0.1, 0.15) is 0 Å². The van der Waals surface area contributed by atoms with Gasteiger partial charge >= 0.3 is 0 Å². The summed E-state index contributed by atoms with van der Waals surface area (Å²) in [6, 6.07) is 9.82. The van der Waals surface area contributed by atoms with Crippen molar-refractivity contribution in [1.29, 1.82) is 0 Å². The van der Waals surface area contributed by atoms with Gasteiger partial charge in [-0.3, -0.25) is 0 Å². The van der Waals surface area contributed by atoms with Gasteiger partial charge in [0, 0.05) is 18.1 Å². The third-order valence-electron chi connectivity index (χ3n) is 2.59. The lowest BCUT2D eigenvalue weighted by atomic mass is 10.1. The fourth-order valence-electron chi connectivity index (χ4n) is 1.64. The molecule has 1 aromatic heterocycles. The van der Waals surface area contributed by atoms with E-state index in [0.717, 1.165) is 17.2 Å². The number of pyridine rings is 1. The summed E-state index contributed by atoms with van der Waals surface area (Å²) in [5, 5.41) is 0.0966. The highest BCUT2D eigenvalue weighted by Gasteiger charge is 2.19. The summed E-state index contributed by atoms with van der Waals surface area (Å²) in [6.07, 6.45) is 1.24. The van der Waals surface area contributed by atoms with Gasteiger partial charge in [-0.1, -0.05) is 40.2 Å². The van der Waals surface area contributed by atoms with Gasteiger partial charge in [-0.15, -0.1) is 0 Å². The Labute approximate surface area is 125 Å². The molecule has 0 aliphatic rings. The summed E-state index contributed by atoms with van der Waals surface area (Å²) >= 11 is 3.33. The first kappa shape index (κ1) is 15.1. The summed E-state index contributed by atoms with van der Waals surface area (Å²) in [4.78, 5) is 3.56. The van der Waals surface area contributed by atoms with E-state index in [0.29, 0.717) is 5.33 Å². The smallest absolute Gasteiger partial charge is 0.241 e. The zero-order valence-electron chi connectivity index (χ0n) is 10.4. The molecule has 2 rings (SSSR count). The van der Waals surface area contributed by atoms with Gasteiger partial charge in [-0.25, -0.2) is 22.5 Å². The maximum atomic E-state index is 13.4. The van der Waals surface area contributed by atoms with E-state index in [2.05, 4.69) is 25.6 Å². The third-order valence-corrected chi connectivity index (χ3v) is 4.57. The van der Waals surface area contributed by atoms with Crippen molar-refractivity contribution in [3.05, 3.63) is 59.5 Å². The molecule has 0 fully saturated rings. The standard InChI is InChI=1S/C13H12BrFN2O2S/c14-8-10-3-1-4-11(7-10)9-17-20(18,19)13-12(15)5-2-6-16-13/h1-7,17H,8-9H2. The highest BCUT2D eigenvalue weighted by molar-refractivity contribution is 9.08. The minimum Gasteiger partial charge on any atom is -0.241 e. The Morgan fingerprint density at radius 2 is 1.95 bits per heavy atom. The quantitative estimate of drug-likeness (QED) is 0.835. The van der Waals surface area contributed by atoms with Crippen LogP contribution < -0.4 is 4.72 Å². The molecule has 0 amide bonds. The molecule has 7 heteroatoms. The lowest BCUT2D eigenvalue weighted by Gasteiger charge is -2.07. The topological polar surface area (TPSA) is 59.1 Å². The first-order chi connectivity index (χ1) is 9.53. The Kier molecular flexibility index (Phi) is 4.85. The van der Waals surface area contributed by atoms with Crippen molar-refractivity contribution in [1.82, 2.24) is 9.71 Å². The molecule has 1 heterocycles. The van der Waals surface area contributed by atoms with E-state index in [-0.39, 0.29) is 6.54 Å². The van der Waals surface area contributed by atoms with Crippen molar-refractivity contribution in [2.75, 3.05) is 0 Å². The molecule has 4 nitrogen and oxygen atoms in total. The summed E-state index contributed by atoms with van der Waals surface area (Å²) in [5.74, 6) is -0.866. The van der Waals surface area contributed by atoms with Gasteiger partial charge in [0.05, 0.1) is 0 Å². The first-order valence-electron chi connectivity index (χ1n) is 5.77. The number of halogens is 2. The van der Waals surface area contributed by atoms with Crippen LogP contribution in [-0.4, -0.2) is 13.4 Å². The van der Waals surface area contributed by atoms with Gasteiger partial charge in [0.15, 0.2) is 5.82 Å². The largest absolute Gasteiger partial charge is 0.261 e. The normalized spacial score (nSPS) is 11.5. The first-order valence-corrected chi connectivity index (χ1v) is 8.37. The molecule has 20 heavy (non-hydrogen) atoms. The molecule has 0 aliphatic carbocycles. The molecule has 0 saturated carbocycles. The third kappa shape index (κ3) is 3.62. The van der Waals surface area contributed by atoms with Crippen LogP contribution in [0.15, 0.2) is 47.6 Å². The van der Waals surface area contributed by atoms with Crippen molar-refractivity contribution in [3.8, 4) is 0 Å². The van der Waals surface area contributed by atoms with Gasteiger partial charge < -0.3 is 0 Å². The highest BCUT2D eigenvalue weighted by atomic mass is 79.9. The monoisotopic (exact) mass is 358 g/mol. The number of nitrogens with one attached hydrogen (secondary N) is 1. The molecular formula is C13H12BrFN2O2S. The molecule has 106 valence electrons. The second-order valence-electron chi connectivity index (χ2n) is 4.07. The fraction of sp³-hybridized carbons (Fsp3) is 0.154. The Morgan fingerprint density at radius 3 is 2.65 bits per heavy atom. The molecule has 0 spiro atoms.